The van der Waals surface area contributed by atoms with Gasteiger partial charge < -0.3 is 5.32 Å². The standard InChI is InChI=1S/C16H17ClN2O2/c1-11-5-3-4-6-15(11)12(2)18-10-13-7-8-14(19(20)21)9-16(13)17/h3-9,12,18H,10H2,1-2H3/t12-/m0/s1. The monoisotopic (exact) mass is 304 g/mol. The van der Waals surface area contributed by atoms with Crippen molar-refractivity contribution in [2.75, 3.05) is 0 Å². The Hall–Kier alpha value is -1.91. The van der Waals surface area contributed by atoms with E-state index in [-0.39, 0.29) is 11.7 Å². The number of nitro benzene ring substituents is 1. The summed E-state index contributed by atoms with van der Waals surface area (Å²) in [5.41, 5.74) is 3.32. The van der Waals surface area contributed by atoms with Crippen LogP contribution in [0, 0.1) is 17.0 Å². The first-order valence-corrected chi connectivity index (χ1v) is 7.08. The van der Waals surface area contributed by atoms with E-state index in [1.54, 1.807) is 6.07 Å². The van der Waals surface area contributed by atoms with Crippen LogP contribution in [0.25, 0.3) is 0 Å². The number of rotatable bonds is 5. The fourth-order valence-electron chi connectivity index (χ4n) is 2.24. The minimum Gasteiger partial charge on any atom is -0.306 e. The van der Waals surface area contributed by atoms with Crippen LogP contribution in [-0.4, -0.2) is 4.92 Å². The smallest absolute Gasteiger partial charge is 0.270 e. The van der Waals surface area contributed by atoms with E-state index in [2.05, 4.69) is 31.3 Å². The minimum absolute atomic E-state index is 0.00991. The van der Waals surface area contributed by atoms with Gasteiger partial charge in [-0.15, -0.1) is 0 Å². The highest BCUT2D eigenvalue weighted by molar-refractivity contribution is 6.31. The van der Waals surface area contributed by atoms with Crippen LogP contribution in [0.3, 0.4) is 0 Å². The summed E-state index contributed by atoms with van der Waals surface area (Å²) in [6.07, 6.45) is 0. The van der Waals surface area contributed by atoms with Gasteiger partial charge in [0.2, 0.25) is 0 Å². The van der Waals surface area contributed by atoms with Gasteiger partial charge >= 0.3 is 0 Å². The maximum absolute atomic E-state index is 10.7. The molecular weight excluding hydrogens is 288 g/mol. The predicted octanol–water partition coefficient (Wildman–Crippen LogP) is 4.41. The Morgan fingerprint density at radius 3 is 2.62 bits per heavy atom. The number of nitrogens with zero attached hydrogens (tertiary/aromatic N) is 1. The molecule has 4 nitrogen and oxygen atoms in total. The molecule has 110 valence electrons. The molecule has 0 saturated carbocycles. The lowest BCUT2D eigenvalue weighted by molar-refractivity contribution is -0.384. The van der Waals surface area contributed by atoms with Gasteiger partial charge in [-0.2, -0.15) is 0 Å². The van der Waals surface area contributed by atoms with Crippen LogP contribution in [0.2, 0.25) is 5.02 Å². The molecule has 0 bridgehead atoms. The zero-order valence-corrected chi connectivity index (χ0v) is 12.7. The van der Waals surface area contributed by atoms with Crippen molar-refractivity contribution in [3.63, 3.8) is 0 Å². The first-order chi connectivity index (χ1) is 9.99. The Morgan fingerprint density at radius 1 is 1.29 bits per heavy atom. The van der Waals surface area contributed by atoms with Gasteiger partial charge in [0.1, 0.15) is 0 Å². The van der Waals surface area contributed by atoms with Crippen molar-refractivity contribution in [2.24, 2.45) is 0 Å². The lowest BCUT2D eigenvalue weighted by Gasteiger charge is -2.17. The van der Waals surface area contributed by atoms with Crippen LogP contribution >= 0.6 is 11.6 Å². The lowest BCUT2D eigenvalue weighted by Crippen LogP contribution is -2.19. The third-order valence-corrected chi connectivity index (χ3v) is 3.85. The van der Waals surface area contributed by atoms with Crippen molar-refractivity contribution in [2.45, 2.75) is 26.4 Å². The number of aryl methyl sites for hydroxylation is 1. The molecule has 0 aliphatic carbocycles. The average Bonchev–Trinajstić information content (AvgIpc) is 2.46. The molecule has 2 aromatic rings. The third-order valence-electron chi connectivity index (χ3n) is 3.50. The highest BCUT2D eigenvalue weighted by atomic mass is 35.5. The number of benzene rings is 2. The quantitative estimate of drug-likeness (QED) is 0.657. The van der Waals surface area contributed by atoms with E-state index in [1.165, 1.54) is 23.3 Å². The van der Waals surface area contributed by atoms with Gasteiger partial charge in [-0.05, 0) is 36.6 Å². The summed E-state index contributed by atoms with van der Waals surface area (Å²) in [6, 6.07) is 12.9. The van der Waals surface area contributed by atoms with E-state index in [0.29, 0.717) is 11.6 Å². The molecule has 2 rings (SSSR count). The molecule has 21 heavy (non-hydrogen) atoms. The van der Waals surface area contributed by atoms with Gasteiger partial charge in [0, 0.05) is 24.7 Å². The van der Waals surface area contributed by atoms with Gasteiger partial charge in [0.15, 0.2) is 0 Å². The average molecular weight is 305 g/mol. The van der Waals surface area contributed by atoms with E-state index < -0.39 is 4.92 Å². The topological polar surface area (TPSA) is 55.2 Å². The van der Waals surface area contributed by atoms with E-state index in [4.69, 9.17) is 11.6 Å². The summed E-state index contributed by atoms with van der Waals surface area (Å²) in [4.78, 5) is 10.2. The van der Waals surface area contributed by atoms with Crippen LogP contribution < -0.4 is 5.32 Å². The zero-order chi connectivity index (χ0) is 15.4. The molecular formula is C16H17ClN2O2. The molecule has 5 heteroatoms. The maximum atomic E-state index is 10.7. The molecule has 1 N–H and O–H groups in total. The second-order valence-electron chi connectivity index (χ2n) is 4.99. The van der Waals surface area contributed by atoms with Gasteiger partial charge in [-0.3, -0.25) is 10.1 Å². The number of halogens is 1. The number of hydrogen-bond donors (Lipinski definition) is 1. The molecule has 0 spiro atoms. The minimum atomic E-state index is -0.445. The van der Waals surface area contributed by atoms with E-state index in [1.807, 2.05) is 12.1 Å². The first-order valence-electron chi connectivity index (χ1n) is 6.70. The summed E-state index contributed by atoms with van der Waals surface area (Å²) >= 11 is 6.09. The van der Waals surface area contributed by atoms with Crippen molar-refractivity contribution in [3.8, 4) is 0 Å². The number of non-ortho nitro benzene ring substituents is 1. The highest BCUT2D eigenvalue weighted by Gasteiger charge is 2.11. The molecule has 0 aromatic heterocycles. The first kappa shape index (κ1) is 15.5. The summed E-state index contributed by atoms with van der Waals surface area (Å²) in [5, 5.41) is 14.5. The normalized spacial score (nSPS) is 12.1. The van der Waals surface area contributed by atoms with Gasteiger partial charge in [0.25, 0.3) is 5.69 Å². The Bertz CT molecular complexity index is 658. The molecule has 0 aliphatic heterocycles. The van der Waals surface area contributed by atoms with Crippen molar-refractivity contribution in [1.82, 2.24) is 5.32 Å². The number of nitrogens with one attached hydrogen (secondary N) is 1. The lowest BCUT2D eigenvalue weighted by atomic mass is 10.0. The van der Waals surface area contributed by atoms with Gasteiger partial charge in [-0.25, -0.2) is 0 Å². The summed E-state index contributed by atoms with van der Waals surface area (Å²) in [6.45, 7) is 4.72. The maximum Gasteiger partial charge on any atom is 0.270 e. The van der Waals surface area contributed by atoms with Crippen LogP contribution in [0.5, 0.6) is 0 Å². The number of nitro groups is 1. The summed E-state index contributed by atoms with van der Waals surface area (Å²) in [5.74, 6) is 0. The molecule has 0 heterocycles. The van der Waals surface area contributed by atoms with Crippen molar-refractivity contribution in [3.05, 3.63) is 74.3 Å². The third kappa shape index (κ3) is 3.80. The Labute approximate surface area is 128 Å². The molecule has 0 unspecified atom stereocenters. The van der Waals surface area contributed by atoms with Crippen molar-refractivity contribution < 1.29 is 4.92 Å². The zero-order valence-electron chi connectivity index (χ0n) is 12.0. The predicted molar refractivity (Wildman–Crippen MR) is 84.5 cm³/mol. The molecule has 0 fully saturated rings. The molecule has 0 saturated heterocycles. The molecule has 0 aliphatic rings. The van der Waals surface area contributed by atoms with Gasteiger partial charge in [-0.1, -0.05) is 35.9 Å². The van der Waals surface area contributed by atoms with Crippen molar-refractivity contribution >= 4 is 17.3 Å². The fourth-order valence-corrected chi connectivity index (χ4v) is 2.48. The SMILES string of the molecule is Cc1ccccc1[C@H](C)NCc1ccc([N+](=O)[O-])cc1Cl. The summed E-state index contributed by atoms with van der Waals surface area (Å²) < 4.78 is 0. The van der Waals surface area contributed by atoms with E-state index in [9.17, 15) is 10.1 Å². The molecule has 1 atom stereocenters. The summed E-state index contributed by atoms with van der Waals surface area (Å²) in [7, 11) is 0. The molecule has 0 amide bonds. The Balaban J connectivity index is 2.06. The number of hydrogen-bond acceptors (Lipinski definition) is 3. The second kappa shape index (κ2) is 6.70. The Morgan fingerprint density at radius 2 is 2.00 bits per heavy atom. The highest BCUT2D eigenvalue weighted by Crippen LogP contribution is 2.23. The van der Waals surface area contributed by atoms with Crippen LogP contribution in [-0.2, 0) is 6.54 Å². The Kier molecular flexibility index (Phi) is 4.94. The molecule has 2 aromatic carbocycles. The van der Waals surface area contributed by atoms with E-state index in [0.717, 1.165) is 5.56 Å². The van der Waals surface area contributed by atoms with Crippen molar-refractivity contribution in [1.29, 1.82) is 0 Å². The molecule has 0 radical (unpaired) electrons. The largest absolute Gasteiger partial charge is 0.306 e. The van der Waals surface area contributed by atoms with E-state index >= 15 is 0 Å². The van der Waals surface area contributed by atoms with Crippen LogP contribution in [0.4, 0.5) is 5.69 Å². The second-order valence-corrected chi connectivity index (χ2v) is 5.40. The van der Waals surface area contributed by atoms with Crippen LogP contribution in [0.1, 0.15) is 29.7 Å². The fraction of sp³-hybridized carbons (Fsp3) is 0.250. The van der Waals surface area contributed by atoms with Crippen LogP contribution in [0.15, 0.2) is 42.5 Å². The van der Waals surface area contributed by atoms with Gasteiger partial charge in [0.05, 0.1) is 9.95 Å².